The second-order valence-electron chi connectivity index (χ2n) is 9.45. The first kappa shape index (κ1) is 31.4. The van der Waals surface area contributed by atoms with E-state index >= 15 is 0 Å². The molecule has 1 aliphatic rings. The van der Waals surface area contributed by atoms with Gasteiger partial charge in [-0.3, -0.25) is 0 Å². The summed E-state index contributed by atoms with van der Waals surface area (Å²) < 4.78 is 0. The first-order chi connectivity index (χ1) is 18.9. The van der Waals surface area contributed by atoms with Crippen LogP contribution in [-0.4, -0.2) is 12.3 Å². The van der Waals surface area contributed by atoms with E-state index in [1.54, 1.807) is 0 Å². The minimum Gasteiger partial charge on any atom is -0.0882 e. The zero-order valence-corrected chi connectivity index (χ0v) is 26.2. The number of hydrogen-bond donors (Lipinski definition) is 0. The Hall–Kier alpha value is -2.16. The van der Waals surface area contributed by atoms with Crippen molar-refractivity contribution >= 4 is 37.1 Å². The quantitative estimate of drug-likeness (QED) is 0.0746. The Balaban J connectivity index is 0.000000402. The van der Waals surface area contributed by atoms with Crippen LogP contribution in [0.2, 0.25) is 0 Å². The first-order valence-electron chi connectivity index (χ1n) is 14.0. The van der Waals surface area contributed by atoms with E-state index in [2.05, 4.69) is 146 Å². The van der Waals surface area contributed by atoms with Crippen LogP contribution in [0.15, 0.2) is 146 Å². The van der Waals surface area contributed by atoms with Crippen LogP contribution in [0.4, 0.5) is 0 Å². The van der Waals surface area contributed by atoms with Gasteiger partial charge < -0.3 is 0 Å². The van der Waals surface area contributed by atoms with Gasteiger partial charge in [0, 0.05) is 19.5 Å². The van der Waals surface area contributed by atoms with Crippen molar-refractivity contribution in [1.29, 1.82) is 0 Å². The Kier molecular flexibility index (Phi) is 15.3. The van der Waals surface area contributed by atoms with Gasteiger partial charge in [-0.2, -0.15) is 0 Å². The molecular weight excluding hydrogens is 597 g/mol. The van der Waals surface area contributed by atoms with Crippen LogP contribution in [-0.2, 0) is 19.5 Å². The summed E-state index contributed by atoms with van der Waals surface area (Å²) in [5.41, 5.74) is 0. The average Bonchev–Trinajstić information content (AvgIpc) is 2.97. The standard InChI is InChI=1S/C28H28P2.C8H12.Rh/c1-5-15-25(16-6-1)29(26-17-7-2-8-18-26)23-13-14-24-30(27-19-9-3-10-20-27)28-21-11-4-12-22-28;1-2-4-6-8-7-5-3-1;/h1-12,15-22H,13-14,23-24H2;1-2,7-8H,3-6H2;. The van der Waals surface area contributed by atoms with Crippen LogP contribution in [0.5, 0.6) is 0 Å². The zero-order valence-electron chi connectivity index (χ0n) is 22.7. The van der Waals surface area contributed by atoms with Crippen molar-refractivity contribution in [2.75, 3.05) is 12.3 Å². The molecule has 0 saturated heterocycles. The predicted molar refractivity (Wildman–Crippen MR) is 174 cm³/mol. The van der Waals surface area contributed by atoms with E-state index in [1.807, 2.05) is 0 Å². The summed E-state index contributed by atoms with van der Waals surface area (Å²) in [6.07, 6.45) is 19.1. The van der Waals surface area contributed by atoms with Crippen LogP contribution in [0, 0.1) is 0 Å². The average molecular weight is 638 g/mol. The monoisotopic (exact) mass is 637 g/mol. The van der Waals surface area contributed by atoms with Gasteiger partial charge in [-0.25, -0.2) is 0 Å². The van der Waals surface area contributed by atoms with Crippen molar-refractivity contribution in [3.8, 4) is 0 Å². The maximum atomic E-state index is 2.31. The van der Waals surface area contributed by atoms with Gasteiger partial charge in [0.1, 0.15) is 0 Å². The Morgan fingerprint density at radius 1 is 0.359 bits per heavy atom. The molecule has 1 radical (unpaired) electrons. The molecule has 0 saturated carbocycles. The Labute approximate surface area is 251 Å². The molecule has 3 heteroatoms. The van der Waals surface area contributed by atoms with Gasteiger partial charge in [0.2, 0.25) is 0 Å². The molecule has 0 aliphatic heterocycles. The molecule has 5 rings (SSSR count). The predicted octanol–water partition coefficient (Wildman–Crippen LogP) is 8.70. The normalized spacial score (nSPS) is 12.7. The van der Waals surface area contributed by atoms with E-state index in [-0.39, 0.29) is 35.3 Å². The SMILES string of the molecule is C1=CCCC=CCC1.[Rh].c1ccc(P(CCCCP(c2ccccc2)c2ccccc2)c2ccccc2)cc1. The molecule has 0 unspecified atom stereocenters. The van der Waals surface area contributed by atoms with E-state index in [1.165, 1.54) is 72.1 Å². The molecule has 0 amide bonds. The minimum atomic E-state index is -0.283. The van der Waals surface area contributed by atoms with Gasteiger partial charge >= 0.3 is 0 Å². The molecule has 1 aliphatic carbocycles. The number of rotatable bonds is 9. The van der Waals surface area contributed by atoms with Gasteiger partial charge in [-0.05, 0) is 87.9 Å². The van der Waals surface area contributed by atoms with E-state index in [9.17, 15) is 0 Å². The smallest absolute Gasteiger partial charge is 0 e. The second-order valence-corrected chi connectivity index (χ2v) is 14.1. The fourth-order valence-corrected chi connectivity index (χ4v) is 9.48. The number of allylic oxidation sites excluding steroid dienone is 4. The van der Waals surface area contributed by atoms with E-state index in [0.29, 0.717) is 0 Å². The zero-order chi connectivity index (χ0) is 26.1. The van der Waals surface area contributed by atoms with Crippen molar-refractivity contribution in [3.05, 3.63) is 146 Å². The Bertz CT molecular complexity index is 1020. The fourth-order valence-electron chi connectivity index (χ4n) is 4.64. The topological polar surface area (TPSA) is 0 Å². The number of hydrogen-bond acceptors (Lipinski definition) is 0. The van der Waals surface area contributed by atoms with E-state index < -0.39 is 0 Å². The van der Waals surface area contributed by atoms with Crippen LogP contribution < -0.4 is 21.2 Å². The molecule has 0 spiro atoms. The van der Waals surface area contributed by atoms with Crippen molar-refractivity contribution in [3.63, 3.8) is 0 Å². The second kappa shape index (κ2) is 19.0. The summed E-state index contributed by atoms with van der Waals surface area (Å²) in [6.45, 7) is 0. The number of unbranched alkanes of at least 4 members (excludes halogenated alkanes) is 1. The summed E-state index contributed by atoms with van der Waals surface area (Å²) in [4.78, 5) is 0. The molecule has 203 valence electrons. The van der Waals surface area contributed by atoms with Crippen molar-refractivity contribution in [1.82, 2.24) is 0 Å². The molecule has 0 N–H and O–H groups in total. The fraction of sp³-hybridized carbons (Fsp3) is 0.222. The Morgan fingerprint density at radius 3 is 0.821 bits per heavy atom. The summed E-state index contributed by atoms with van der Waals surface area (Å²) in [6, 6.07) is 44.3. The molecule has 0 bridgehead atoms. The van der Waals surface area contributed by atoms with Crippen molar-refractivity contribution < 1.29 is 19.5 Å². The third-order valence-electron chi connectivity index (χ3n) is 6.62. The van der Waals surface area contributed by atoms with Crippen molar-refractivity contribution in [2.24, 2.45) is 0 Å². The maximum Gasteiger partial charge on any atom is 0 e. The van der Waals surface area contributed by atoms with Crippen LogP contribution in [0.25, 0.3) is 0 Å². The summed E-state index contributed by atoms with van der Waals surface area (Å²) in [5.74, 6) is 0. The van der Waals surface area contributed by atoms with Crippen molar-refractivity contribution in [2.45, 2.75) is 38.5 Å². The molecule has 0 aromatic heterocycles. The molecular formula is C36H40P2Rh. The van der Waals surface area contributed by atoms with Gasteiger partial charge in [0.05, 0.1) is 0 Å². The molecule has 0 fully saturated rings. The molecule has 4 aromatic rings. The molecule has 0 atom stereocenters. The summed E-state index contributed by atoms with van der Waals surface area (Å²) in [7, 11) is -0.566. The van der Waals surface area contributed by atoms with Crippen LogP contribution >= 0.6 is 15.8 Å². The van der Waals surface area contributed by atoms with Gasteiger partial charge in [0.25, 0.3) is 0 Å². The Morgan fingerprint density at radius 2 is 0.590 bits per heavy atom. The van der Waals surface area contributed by atoms with Gasteiger partial charge in [-0.15, -0.1) is 0 Å². The van der Waals surface area contributed by atoms with E-state index in [0.717, 1.165) is 0 Å². The molecule has 39 heavy (non-hydrogen) atoms. The maximum absolute atomic E-state index is 2.31. The minimum absolute atomic E-state index is 0. The molecule has 0 nitrogen and oxygen atoms in total. The molecule has 4 aromatic carbocycles. The van der Waals surface area contributed by atoms with Crippen LogP contribution in [0.3, 0.4) is 0 Å². The van der Waals surface area contributed by atoms with E-state index in [4.69, 9.17) is 0 Å². The van der Waals surface area contributed by atoms with Gasteiger partial charge in [-0.1, -0.05) is 146 Å². The number of benzene rings is 4. The summed E-state index contributed by atoms with van der Waals surface area (Å²) >= 11 is 0. The summed E-state index contributed by atoms with van der Waals surface area (Å²) in [5, 5.41) is 5.97. The van der Waals surface area contributed by atoms with Crippen LogP contribution in [0.1, 0.15) is 38.5 Å². The largest absolute Gasteiger partial charge is 0.0882 e. The third kappa shape index (κ3) is 11.1. The van der Waals surface area contributed by atoms with Gasteiger partial charge in [0.15, 0.2) is 0 Å². The first-order valence-corrected chi connectivity index (χ1v) is 17.0. The molecule has 0 heterocycles. The third-order valence-corrected chi connectivity index (χ3v) is 11.8.